The van der Waals surface area contributed by atoms with E-state index >= 15 is 0 Å². The topological polar surface area (TPSA) is 72.2 Å². The molecule has 0 saturated carbocycles. The van der Waals surface area contributed by atoms with Gasteiger partial charge >= 0.3 is 5.97 Å². The summed E-state index contributed by atoms with van der Waals surface area (Å²) in [6.45, 7) is 4.18. The number of thioether (sulfide) groups is 1. The Morgan fingerprint density at radius 3 is 2.73 bits per heavy atom. The Morgan fingerprint density at radius 1 is 1.35 bits per heavy atom. The molecular weight excluding hydrogens is 355 g/mol. The minimum atomic E-state index is -0.474. The van der Waals surface area contributed by atoms with Crippen molar-refractivity contribution in [3.8, 4) is 11.8 Å². The van der Waals surface area contributed by atoms with Crippen molar-refractivity contribution in [3.63, 3.8) is 0 Å². The van der Waals surface area contributed by atoms with Crippen LogP contribution in [-0.2, 0) is 4.74 Å². The number of rotatable bonds is 8. The lowest BCUT2D eigenvalue weighted by Gasteiger charge is -2.09. The first-order valence-electron chi connectivity index (χ1n) is 8.15. The second-order valence-electron chi connectivity index (χ2n) is 5.31. The predicted octanol–water partition coefficient (Wildman–Crippen LogP) is 4.14. The molecule has 0 atom stereocenters. The highest BCUT2D eigenvalue weighted by Crippen LogP contribution is 2.24. The van der Waals surface area contributed by atoms with Crippen molar-refractivity contribution in [2.45, 2.75) is 25.3 Å². The molecule has 1 aromatic heterocycles. The molecule has 2 rings (SSSR count). The number of hydrogen-bond acceptors (Lipinski definition) is 6. The number of carbonyl (C=O) groups excluding carboxylic acids is 1. The highest BCUT2D eigenvalue weighted by molar-refractivity contribution is 7.99. The van der Waals surface area contributed by atoms with E-state index in [1.54, 1.807) is 26.0 Å². The van der Waals surface area contributed by atoms with Crippen LogP contribution in [0.5, 0.6) is 5.75 Å². The molecule has 0 amide bonds. The maximum atomic E-state index is 12.8. The summed E-state index contributed by atoms with van der Waals surface area (Å²) in [5, 5.41) is 9.89. The van der Waals surface area contributed by atoms with E-state index in [9.17, 15) is 14.4 Å². The Bertz CT molecular complexity index is 804. The van der Waals surface area contributed by atoms with Crippen molar-refractivity contribution in [2.75, 3.05) is 19.0 Å². The summed E-state index contributed by atoms with van der Waals surface area (Å²) in [5.41, 5.74) is 1.20. The van der Waals surface area contributed by atoms with E-state index < -0.39 is 5.97 Å². The number of hydrogen-bond donors (Lipinski definition) is 0. The van der Waals surface area contributed by atoms with Gasteiger partial charge in [-0.1, -0.05) is 0 Å². The largest absolute Gasteiger partial charge is 0.494 e. The first-order chi connectivity index (χ1) is 12.5. The summed E-state index contributed by atoms with van der Waals surface area (Å²) >= 11 is 1.43. The summed E-state index contributed by atoms with van der Waals surface area (Å²) in [6.07, 6.45) is 0.729. The average molecular weight is 374 g/mol. The van der Waals surface area contributed by atoms with Crippen molar-refractivity contribution in [1.82, 2.24) is 4.98 Å². The van der Waals surface area contributed by atoms with Gasteiger partial charge in [-0.2, -0.15) is 5.26 Å². The van der Waals surface area contributed by atoms with Gasteiger partial charge in [0.15, 0.2) is 0 Å². The fourth-order valence-electron chi connectivity index (χ4n) is 2.14. The van der Waals surface area contributed by atoms with E-state index in [2.05, 4.69) is 11.1 Å². The number of pyridine rings is 1. The molecule has 5 nitrogen and oxygen atoms in total. The number of nitrogens with zero attached hydrogens (tertiary/aromatic N) is 2. The van der Waals surface area contributed by atoms with Crippen LogP contribution in [-0.4, -0.2) is 29.9 Å². The second kappa shape index (κ2) is 9.78. The molecule has 0 aliphatic rings. The molecule has 0 fully saturated rings. The van der Waals surface area contributed by atoms with Crippen LogP contribution in [0.2, 0.25) is 0 Å². The molecule has 0 saturated heterocycles. The summed E-state index contributed by atoms with van der Waals surface area (Å²) in [4.78, 5) is 16.3. The van der Waals surface area contributed by atoms with Crippen LogP contribution >= 0.6 is 11.8 Å². The zero-order chi connectivity index (χ0) is 18.9. The first-order valence-corrected chi connectivity index (χ1v) is 9.13. The van der Waals surface area contributed by atoms with Gasteiger partial charge in [0.05, 0.1) is 30.0 Å². The molecule has 0 bridgehead atoms. The van der Waals surface area contributed by atoms with Crippen LogP contribution in [0, 0.1) is 24.1 Å². The molecule has 0 spiro atoms. The van der Waals surface area contributed by atoms with E-state index in [1.165, 1.54) is 30.0 Å². The van der Waals surface area contributed by atoms with Gasteiger partial charge in [-0.25, -0.2) is 14.2 Å². The predicted molar refractivity (Wildman–Crippen MR) is 96.9 cm³/mol. The second-order valence-corrected chi connectivity index (χ2v) is 6.39. The highest BCUT2D eigenvalue weighted by Gasteiger charge is 2.16. The Morgan fingerprint density at radius 2 is 2.08 bits per heavy atom. The molecule has 0 radical (unpaired) electrons. The Kier molecular flexibility index (Phi) is 7.42. The standard InChI is InChI=1S/C19H19FN2O3S/c1-3-24-19(23)17-11-14(12-21)18(22-13(17)2)26-10-4-9-25-16-7-5-15(20)6-8-16/h5-8,11H,3-4,9-10H2,1-2H3. The molecule has 1 aromatic carbocycles. The number of aryl methyl sites for hydroxylation is 1. The lowest BCUT2D eigenvalue weighted by molar-refractivity contribution is 0.0524. The van der Waals surface area contributed by atoms with Crippen molar-refractivity contribution in [3.05, 3.63) is 53.0 Å². The smallest absolute Gasteiger partial charge is 0.340 e. The van der Waals surface area contributed by atoms with Crippen LogP contribution in [0.3, 0.4) is 0 Å². The van der Waals surface area contributed by atoms with E-state index in [0.717, 1.165) is 6.42 Å². The molecule has 0 unspecified atom stereocenters. The molecule has 7 heteroatoms. The number of nitriles is 1. The van der Waals surface area contributed by atoms with Crippen LogP contribution in [0.25, 0.3) is 0 Å². The summed E-state index contributed by atoms with van der Waals surface area (Å²) in [5.74, 6) is 0.533. The zero-order valence-electron chi connectivity index (χ0n) is 14.6. The quantitative estimate of drug-likeness (QED) is 0.393. The number of carbonyl (C=O) groups is 1. The van der Waals surface area contributed by atoms with Gasteiger partial charge in [0.25, 0.3) is 0 Å². The van der Waals surface area contributed by atoms with Crippen LogP contribution in [0.1, 0.15) is 35.0 Å². The molecule has 0 aliphatic heterocycles. The number of halogens is 1. The van der Waals surface area contributed by atoms with Gasteiger partial charge < -0.3 is 9.47 Å². The highest BCUT2D eigenvalue weighted by atomic mass is 32.2. The fourth-order valence-corrected chi connectivity index (χ4v) is 3.05. The molecule has 0 aliphatic carbocycles. The van der Waals surface area contributed by atoms with Gasteiger partial charge in [0, 0.05) is 5.75 Å². The van der Waals surface area contributed by atoms with Gasteiger partial charge in [0.2, 0.25) is 0 Å². The fraction of sp³-hybridized carbons (Fsp3) is 0.316. The Hall–Kier alpha value is -2.59. The lowest BCUT2D eigenvalue weighted by Crippen LogP contribution is -2.09. The van der Waals surface area contributed by atoms with Crippen molar-refractivity contribution >= 4 is 17.7 Å². The summed E-state index contributed by atoms with van der Waals surface area (Å²) in [7, 11) is 0. The van der Waals surface area contributed by atoms with Crippen molar-refractivity contribution in [2.24, 2.45) is 0 Å². The summed E-state index contributed by atoms with van der Waals surface area (Å²) in [6, 6.07) is 9.45. The molecule has 1 heterocycles. The van der Waals surface area contributed by atoms with Gasteiger partial charge in [0.1, 0.15) is 22.7 Å². The average Bonchev–Trinajstić information content (AvgIpc) is 2.63. The van der Waals surface area contributed by atoms with E-state index in [-0.39, 0.29) is 12.4 Å². The number of ether oxygens (including phenoxy) is 2. The molecule has 136 valence electrons. The monoisotopic (exact) mass is 374 g/mol. The summed E-state index contributed by atoms with van der Waals surface area (Å²) < 4.78 is 23.3. The molecule has 2 aromatic rings. The van der Waals surface area contributed by atoms with Crippen LogP contribution < -0.4 is 4.74 Å². The SMILES string of the molecule is CCOC(=O)c1cc(C#N)c(SCCCOc2ccc(F)cc2)nc1C. The van der Waals surface area contributed by atoms with E-state index in [1.807, 2.05) is 0 Å². The van der Waals surface area contributed by atoms with Gasteiger partial charge in [-0.15, -0.1) is 11.8 Å². The molecule has 0 N–H and O–H groups in total. The van der Waals surface area contributed by atoms with Crippen molar-refractivity contribution in [1.29, 1.82) is 5.26 Å². The third-order valence-corrected chi connectivity index (χ3v) is 4.48. The number of esters is 1. The Labute approximate surface area is 156 Å². The number of aromatic nitrogens is 1. The minimum Gasteiger partial charge on any atom is -0.494 e. The van der Waals surface area contributed by atoms with E-state index in [4.69, 9.17) is 9.47 Å². The van der Waals surface area contributed by atoms with Crippen molar-refractivity contribution < 1.29 is 18.7 Å². The zero-order valence-corrected chi connectivity index (χ0v) is 15.4. The van der Waals surface area contributed by atoms with Gasteiger partial charge in [-0.05, 0) is 50.6 Å². The molecular formula is C19H19FN2O3S. The normalized spacial score (nSPS) is 10.2. The minimum absolute atomic E-state index is 0.269. The third kappa shape index (κ3) is 5.46. The number of benzene rings is 1. The van der Waals surface area contributed by atoms with E-state index in [0.29, 0.717) is 40.0 Å². The maximum Gasteiger partial charge on any atom is 0.340 e. The third-order valence-electron chi connectivity index (χ3n) is 3.40. The van der Waals surface area contributed by atoms with Gasteiger partial charge in [-0.3, -0.25) is 0 Å². The molecule has 26 heavy (non-hydrogen) atoms. The maximum absolute atomic E-state index is 12.8. The lowest BCUT2D eigenvalue weighted by atomic mass is 10.1. The first kappa shape index (κ1) is 19.7. The van der Waals surface area contributed by atoms with Crippen LogP contribution in [0.4, 0.5) is 4.39 Å². The van der Waals surface area contributed by atoms with Crippen LogP contribution in [0.15, 0.2) is 35.4 Å². The Balaban J connectivity index is 1.90.